The molecule has 0 aliphatic rings. The lowest BCUT2D eigenvalue weighted by Crippen LogP contribution is -2.48. The molecule has 108 valence electrons. The Morgan fingerprint density at radius 3 is 2.32 bits per heavy atom. The van der Waals surface area contributed by atoms with Gasteiger partial charge in [-0.1, -0.05) is 37.3 Å². The van der Waals surface area contributed by atoms with Crippen molar-refractivity contribution in [3.05, 3.63) is 35.9 Å². The van der Waals surface area contributed by atoms with Gasteiger partial charge in [0.2, 0.25) is 0 Å². The van der Waals surface area contributed by atoms with Crippen molar-refractivity contribution in [1.82, 2.24) is 10.2 Å². The molecule has 0 radical (unpaired) electrons. The number of rotatable bonds is 7. The third-order valence-corrected chi connectivity index (χ3v) is 3.54. The molecule has 0 amide bonds. The maximum absolute atomic E-state index is 10.3. The smallest absolute Gasteiger partial charge is 0.0869 e. The van der Waals surface area contributed by atoms with Gasteiger partial charge in [-0.15, -0.1) is 0 Å². The molecule has 3 nitrogen and oxygen atoms in total. The molecule has 0 aromatic heterocycles. The maximum atomic E-state index is 10.3. The van der Waals surface area contributed by atoms with Crippen molar-refractivity contribution in [3.8, 4) is 0 Å². The number of nitrogens with one attached hydrogen (secondary N) is 1. The summed E-state index contributed by atoms with van der Waals surface area (Å²) in [6.45, 7) is 7.52. The van der Waals surface area contributed by atoms with Gasteiger partial charge in [-0.3, -0.25) is 0 Å². The zero-order valence-electron chi connectivity index (χ0n) is 12.9. The van der Waals surface area contributed by atoms with E-state index in [4.69, 9.17) is 0 Å². The second kappa shape index (κ2) is 7.04. The third kappa shape index (κ3) is 5.72. The Bertz CT molecular complexity index is 362. The van der Waals surface area contributed by atoms with Crippen LogP contribution in [0.5, 0.6) is 0 Å². The van der Waals surface area contributed by atoms with Crippen LogP contribution in [0, 0.1) is 0 Å². The standard InChI is InChI=1S/C16H28N2O/c1-13(15-9-7-6-8-10-15)14(2)17-11-16(3,19)12-18(4)5/h6-10,13-14,17,19H,11-12H2,1-5H3. The van der Waals surface area contributed by atoms with Crippen molar-refractivity contribution < 1.29 is 5.11 Å². The normalized spacial score (nSPS) is 18.1. The number of hydrogen-bond donors (Lipinski definition) is 2. The molecule has 0 saturated heterocycles. The summed E-state index contributed by atoms with van der Waals surface area (Å²) in [5.74, 6) is 0.427. The van der Waals surface area contributed by atoms with E-state index in [1.54, 1.807) is 0 Å². The van der Waals surface area contributed by atoms with Crippen molar-refractivity contribution in [3.63, 3.8) is 0 Å². The third-order valence-electron chi connectivity index (χ3n) is 3.54. The molecular weight excluding hydrogens is 236 g/mol. The van der Waals surface area contributed by atoms with Crippen LogP contribution in [0.3, 0.4) is 0 Å². The van der Waals surface area contributed by atoms with E-state index in [0.29, 0.717) is 25.0 Å². The van der Waals surface area contributed by atoms with Crippen LogP contribution in [0.15, 0.2) is 30.3 Å². The number of hydrogen-bond acceptors (Lipinski definition) is 3. The summed E-state index contributed by atoms with van der Waals surface area (Å²) >= 11 is 0. The molecule has 0 aliphatic carbocycles. The number of aliphatic hydroxyl groups is 1. The van der Waals surface area contributed by atoms with Crippen molar-refractivity contribution in [2.75, 3.05) is 27.2 Å². The number of benzene rings is 1. The van der Waals surface area contributed by atoms with Gasteiger partial charge in [0.15, 0.2) is 0 Å². The fraction of sp³-hybridized carbons (Fsp3) is 0.625. The Kier molecular flexibility index (Phi) is 5.98. The number of nitrogens with zero attached hydrogens (tertiary/aromatic N) is 1. The van der Waals surface area contributed by atoms with E-state index in [0.717, 1.165) is 0 Å². The summed E-state index contributed by atoms with van der Waals surface area (Å²) in [7, 11) is 3.95. The summed E-state index contributed by atoms with van der Waals surface area (Å²) < 4.78 is 0. The van der Waals surface area contributed by atoms with Crippen molar-refractivity contribution in [2.45, 2.75) is 38.3 Å². The molecule has 0 spiro atoms. The Labute approximate surface area is 117 Å². The van der Waals surface area contributed by atoms with E-state index in [2.05, 4.69) is 43.4 Å². The van der Waals surface area contributed by atoms with Gasteiger partial charge < -0.3 is 15.3 Å². The zero-order chi connectivity index (χ0) is 14.5. The lowest BCUT2D eigenvalue weighted by atomic mass is 9.94. The van der Waals surface area contributed by atoms with E-state index in [9.17, 15) is 5.11 Å². The first-order valence-electron chi connectivity index (χ1n) is 6.97. The molecule has 3 heteroatoms. The molecule has 1 aromatic rings. The molecule has 1 rings (SSSR count). The fourth-order valence-electron chi connectivity index (χ4n) is 2.34. The summed E-state index contributed by atoms with van der Waals surface area (Å²) in [6, 6.07) is 10.8. The summed E-state index contributed by atoms with van der Waals surface area (Å²) in [5.41, 5.74) is 0.628. The van der Waals surface area contributed by atoms with Gasteiger partial charge in [-0.25, -0.2) is 0 Å². The summed E-state index contributed by atoms with van der Waals surface area (Å²) in [4.78, 5) is 2.01. The average Bonchev–Trinajstić information content (AvgIpc) is 2.34. The minimum absolute atomic E-state index is 0.330. The fourth-order valence-corrected chi connectivity index (χ4v) is 2.34. The highest BCUT2D eigenvalue weighted by molar-refractivity contribution is 5.20. The first-order valence-corrected chi connectivity index (χ1v) is 6.97. The Morgan fingerprint density at radius 2 is 1.79 bits per heavy atom. The van der Waals surface area contributed by atoms with Crippen LogP contribution >= 0.6 is 0 Å². The van der Waals surface area contributed by atoms with E-state index < -0.39 is 5.60 Å². The minimum atomic E-state index is -0.700. The van der Waals surface area contributed by atoms with Crippen LogP contribution in [0.2, 0.25) is 0 Å². The monoisotopic (exact) mass is 264 g/mol. The van der Waals surface area contributed by atoms with Gasteiger partial charge >= 0.3 is 0 Å². The SMILES string of the molecule is CC(NCC(C)(O)CN(C)C)C(C)c1ccccc1. The lowest BCUT2D eigenvalue weighted by molar-refractivity contribution is 0.0312. The van der Waals surface area contributed by atoms with E-state index >= 15 is 0 Å². The van der Waals surface area contributed by atoms with Crippen LogP contribution in [-0.4, -0.2) is 48.8 Å². The molecule has 0 saturated carbocycles. The summed E-state index contributed by atoms with van der Waals surface area (Å²) in [6.07, 6.45) is 0. The Morgan fingerprint density at radius 1 is 1.21 bits per heavy atom. The maximum Gasteiger partial charge on any atom is 0.0869 e. The minimum Gasteiger partial charge on any atom is -0.388 e. The van der Waals surface area contributed by atoms with Gasteiger partial charge in [-0.2, -0.15) is 0 Å². The van der Waals surface area contributed by atoms with Gasteiger partial charge in [0.05, 0.1) is 5.60 Å². The first-order chi connectivity index (χ1) is 8.82. The van der Waals surface area contributed by atoms with Crippen LogP contribution in [-0.2, 0) is 0 Å². The van der Waals surface area contributed by atoms with Crippen molar-refractivity contribution in [2.24, 2.45) is 0 Å². The highest BCUT2D eigenvalue weighted by Crippen LogP contribution is 2.18. The summed E-state index contributed by atoms with van der Waals surface area (Å²) in [5, 5.41) is 13.7. The molecular formula is C16H28N2O. The predicted molar refractivity (Wildman–Crippen MR) is 81.5 cm³/mol. The molecule has 19 heavy (non-hydrogen) atoms. The Balaban J connectivity index is 2.49. The van der Waals surface area contributed by atoms with Crippen LogP contribution in [0.4, 0.5) is 0 Å². The highest BCUT2D eigenvalue weighted by Gasteiger charge is 2.23. The Hall–Kier alpha value is -0.900. The molecule has 3 atom stereocenters. The largest absolute Gasteiger partial charge is 0.388 e. The molecule has 1 aromatic carbocycles. The van der Waals surface area contributed by atoms with Gasteiger partial charge in [-0.05, 0) is 39.4 Å². The number of likely N-dealkylation sites (N-methyl/N-ethyl adjacent to an activating group) is 1. The van der Waals surface area contributed by atoms with Crippen molar-refractivity contribution in [1.29, 1.82) is 0 Å². The van der Waals surface area contributed by atoms with Gasteiger partial charge in [0.1, 0.15) is 0 Å². The van der Waals surface area contributed by atoms with E-state index in [1.165, 1.54) is 5.56 Å². The molecule has 0 aliphatic heterocycles. The molecule has 3 unspecified atom stereocenters. The van der Waals surface area contributed by atoms with Crippen LogP contribution < -0.4 is 5.32 Å². The molecule has 0 heterocycles. The second-order valence-electron chi connectivity index (χ2n) is 6.10. The molecule has 0 bridgehead atoms. The average molecular weight is 264 g/mol. The van der Waals surface area contributed by atoms with Gasteiger partial charge in [0, 0.05) is 19.1 Å². The second-order valence-corrected chi connectivity index (χ2v) is 6.10. The predicted octanol–water partition coefficient (Wildman–Crippen LogP) is 2.08. The lowest BCUT2D eigenvalue weighted by Gasteiger charge is -2.30. The zero-order valence-corrected chi connectivity index (χ0v) is 12.9. The topological polar surface area (TPSA) is 35.5 Å². The van der Waals surface area contributed by atoms with E-state index in [-0.39, 0.29) is 0 Å². The van der Waals surface area contributed by atoms with Crippen molar-refractivity contribution >= 4 is 0 Å². The van der Waals surface area contributed by atoms with Gasteiger partial charge in [0.25, 0.3) is 0 Å². The molecule has 0 fully saturated rings. The van der Waals surface area contributed by atoms with Crippen LogP contribution in [0.25, 0.3) is 0 Å². The first kappa shape index (κ1) is 16.2. The molecule has 2 N–H and O–H groups in total. The van der Waals surface area contributed by atoms with E-state index in [1.807, 2.05) is 32.0 Å². The van der Waals surface area contributed by atoms with Crippen LogP contribution in [0.1, 0.15) is 32.3 Å². The highest BCUT2D eigenvalue weighted by atomic mass is 16.3. The quantitative estimate of drug-likeness (QED) is 0.791.